The van der Waals surface area contributed by atoms with Gasteiger partial charge in [-0.25, -0.2) is 0 Å². The molecule has 0 saturated heterocycles. The maximum absolute atomic E-state index is 5.50. The van der Waals surface area contributed by atoms with Crippen LogP contribution in [0.2, 0.25) is 0 Å². The second-order valence-corrected chi connectivity index (χ2v) is 3.91. The number of benzene rings is 1. The molecule has 0 spiro atoms. The van der Waals surface area contributed by atoms with Gasteiger partial charge >= 0.3 is 0 Å². The Balaban J connectivity index is 2.08. The maximum Gasteiger partial charge on any atom is 0.0718 e. The molecule has 18 heavy (non-hydrogen) atoms. The molecule has 0 fully saturated rings. The van der Waals surface area contributed by atoms with E-state index in [4.69, 9.17) is 18.9 Å². The van der Waals surface area contributed by atoms with Crippen LogP contribution in [0.25, 0.3) is 0 Å². The summed E-state index contributed by atoms with van der Waals surface area (Å²) < 4.78 is 20.7. The number of methoxy groups -OCH3 is 2. The molecule has 1 rings (SSSR count). The minimum absolute atomic E-state index is 0.601. The third-order valence-electron chi connectivity index (χ3n) is 2.41. The average molecular weight is 254 g/mol. The van der Waals surface area contributed by atoms with Gasteiger partial charge in [-0.15, -0.1) is 0 Å². The molecule has 0 unspecified atom stereocenters. The predicted molar refractivity (Wildman–Crippen MR) is 69.5 cm³/mol. The summed E-state index contributed by atoms with van der Waals surface area (Å²) >= 11 is 0. The van der Waals surface area contributed by atoms with E-state index in [2.05, 4.69) is 24.3 Å². The summed E-state index contributed by atoms with van der Waals surface area (Å²) in [6, 6.07) is 8.22. The SMILES string of the molecule is COCCOCCOCc1ccc(COC)cc1. The lowest BCUT2D eigenvalue weighted by Gasteiger charge is -2.06. The van der Waals surface area contributed by atoms with Crippen LogP contribution in [-0.2, 0) is 32.2 Å². The number of rotatable bonds is 10. The lowest BCUT2D eigenvalue weighted by molar-refractivity contribution is 0.0199. The van der Waals surface area contributed by atoms with Gasteiger partial charge in [-0.2, -0.15) is 0 Å². The van der Waals surface area contributed by atoms with Gasteiger partial charge in [0, 0.05) is 14.2 Å². The molecule has 1 aromatic rings. The van der Waals surface area contributed by atoms with Crippen molar-refractivity contribution in [3.05, 3.63) is 35.4 Å². The summed E-state index contributed by atoms with van der Waals surface area (Å²) in [5, 5.41) is 0. The maximum atomic E-state index is 5.50. The van der Waals surface area contributed by atoms with Gasteiger partial charge in [0.2, 0.25) is 0 Å². The Labute approximate surface area is 109 Å². The van der Waals surface area contributed by atoms with E-state index in [-0.39, 0.29) is 0 Å². The van der Waals surface area contributed by atoms with Crippen molar-refractivity contribution in [3.63, 3.8) is 0 Å². The number of hydrogen-bond acceptors (Lipinski definition) is 4. The Hall–Kier alpha value is -0.940. The summed E-state index contributed by atoms with van der Waals surface area (Å²) in [4.78, 5) is 0. The number of ether oxygens (including phenoxy) is 4. The smallest absolute Gasteiger partial charge is 0.0718 e. The summed E-state index contributed by atoms with van der Waals surface area (Å²) in [5.41, 5.74) is 2.33. The molecule has 0 radical (unpaired) electrons. The van der Waals surface area contributed by atoms with Gasteiger partial charge in [0.1, 0.15) is 0 Å². The van der Waals surface area contributed by atoms with Gasteiger partial charge in [0.05, 0.1) is 39.6 Å². The molecule has 0 bridgehead atoms. The largest absolute Gasteiger partial charge is 0.382 e. The van der Waals surface area contributed by atoms with Crippen molar-refractivity contribution in [2.45, 2.75) is 13.2 Å². The first kappa shape index (κ1) is 15.1. The quantitative estimate of drug-likeness (QED) is 0.599. The highest BCUT2D eigenvalue weighted by molar-refractivity contribution is 5.21. The van der Waals surface area contributed by atoms with Crippen LogP contribution in [0.1, 0.15) is 11.1 Å². The van der Waals surface area contributed by atoms with Crippen LogP contribution in [0.15, 0.2) is 24.3 Å². The van der Waals surface area contributed by atoms with Crippen LogP contribution in [0.4, 0.5) is 0 Å². The molecule has 0 aromatic heterocycles. The molecule has 0 aliphatic carbocycles. The van der Waals surface area contributed by atoms with E-state index in [0.29, 0.717) is 39.6 Å². The van der Waals surface area contributed by atoms with Crippen molar-refractivity contribution >= 4 is 0 Å². The highest BCUT2D eigenvalue weighted by atomic mass is 16.5. The van der Waals surface area contributed by atoms with Crippen LogP contribution >= 0.6 is 0 Å². The Bertz CT molecular complexity index is 297. The third-order valence-corrected chi connectivity index (χ3v) is 2.41. The van der Waals surface area contributed by atoms with Crippen molar-refractivity contribution in [2.75, 3.05) is 40.6 Å². The van der Waals surface area contributed by atoms with Crippen LogP contribution in [0.5, 0.6) is 0 Å². The van der Waals surface area contributed by atoms with Gasteiger partial charge in [-0.3, -0.25) is 0 Å². The third kappa shape index (κ3) is 6.71. The monoisotopic (exact) mass is 254 g/mol. The molecule has 102 valence electrons. The number of hydrogen-bond donors (Lipinski definition) is 0. The van der Waals surface area contributed by atoms with Crippen LogP contribution in [0.3, 0.4) is 0 Å². The molecular weight excluding hydrogens is 232 g/mol. The van der Waals surface area contributed by atoms with Crippen molar-refractivity contribution in [3.8, 4) is 0 Å². The average Bonchev–Trinajstić information content (AvgIpc) is 2.40. The van der Waals surface area contributed by atoms with Gasteiger partial charge < -0.3 is 18.9 Å². The van der Waals surface area contributed by atoms with Crippen molar-refractivity contribution in [1.29, 1.82) is 0 Å². The van der Waals surface area contributed by atoms with Gasteiger partial charge in [0.25, 0.3) is 0 Å². The summed E-state index contributed by atoms with van der Waals surface area (Å²) in [5.74, 6) is 0. The summed E-state index contributed by atoms with van der Waals surface area (Å²) in [6.07, 6.45) is 0. The first-order chi connectivity index (χ1) is 8.86. The van der Waals surface area contributed by atoms with E-state index in [1.54, 1.807) is 14.2 Å². The molecule has 0 heterocycles. The van der Waals surface area contributed by atoms with E-state index in [1.165, 1.54) is 5.56 Å². The zero-order chi connectivity index (χ0) is 13.1. The standard InChI is InChI=1S/C14H22O4/c1-15-7-8-17-9-10-18-12-14-5-3-13(4-6-14)11-16-2/h3-6H,7-12H2,1-2H3. The Morgan fingerprint density at radius 3 is 1.83 bits per heavy atom. The highest BCUT2D eigenvalue weighted by Gasteiger charge is 1.95. The van der Waals surface area contributed by atoms with E-state index < -0.39 is 0 Å². The molecular formula is C14H22O4. The first-order valence-electron chi connectivity index (χ1n) is 6.08. The Kier molecular flexibility index (Phi) is 8.42. The fourth-order valence-corrected chi connectivity index (χ4v) is 1.45. The minimum Gasteiger partial charge on any atom is -0.382 e. The zero-order valence-corrected chi connectivity index (χ0v) is 11.2. The molecule has 4 nitrogen and oxygen atoms in total. The normalized spacial score (nSPS) is 10.8. The fraction of sp³-hybridized carbons (Fsp3) is 0.571. The molecule has 0 saturated carbocycles. The summed E-state index contributed by atoms with van der Waals surface area (Å²) in [6.45, 7) is 3.70. The molecule has 0 atom stereocenters. The van der Waals surface area contributed by atoms with Gasteiger partial charge in [-0.1, -0.05) is 24.3 Å². The van der Waals surface area contributed by atoms with Crippen LogP contribution < -0.4 is 0 Å². The van der Waals surface area contributed by atoms with Gasteiger partial charge in [0.15, 0.2) is 0 Å². The molecule has 0 aliphatic rings. The molecule has 0 amide bonds. The summed E-state index contributed by atoms with van der Waals surface area (Å²) in [7, 11) is 3.35. The Morgan fingerprint density at radius 2 is 1.22 bits per heavy atom. The fourth-order valence-electron chi connectivity index (χ4n) is 1.45. The second-order valence-electron chi connectivity index (χ2n) is 3.91. The van der Waals surface area contributed by atoms with Crippen LogP contribution in [0, 0.1) is 0 Å². The minimum atomic E-state index is 0.601. The lowest BCUT2D eigenvalue weighted by Crippen LogP contribution is -2.08. The zero-order valence-electron chi connectivity index (χ0n) is 11.2. The topological polar surface area (TPSA) is 36.9 Å². The first-order valence-corrected chi connectivity index (χ1v) is 6.08. The Morgan fingerprint density at radius 1 is 0.667 bits per heavy atom. The van der Waals surface area contributed by atoms with Crippen LogP contribution in [-0.4, -0.2) is 40.6 Å². The lowest BCUT2D eigenvalue weighted by atomic mass is 10.1. The molecule has 0 N–H and O–H groups in total. The van der Waals surface area contributed by atoms with Crippen molar-refractivity contribution < 1.29 is 18.9 Å². The molecule has 0 aliphatic heterocycles. The molecule has 4 heteroatoms. The van der Waals surface area contributed by atoms with Crippen molar-refractivity contribution in [2.24, 2.45) is 0 Å². The predicted octanol–water partition coefficient (Wildman–Crippen LogP) is 2.01. The molecule has 1 aromatic carbocycles. The second kappa shape index (κ2) is 10.0. The van der Waals surface area contributed by atoms with E-state index in [9.17, 15) is 0 Å². The van der Waals surface area contributed by atoms with E-state index in [0.717, 1.165) is 5.56 Å². The van der Waals surface area contributed by atoms with E-state index >= 15 is 0 Å². The van der Waals surface area contributed by atoms with Crippen molar-refractivity contribution in [1.82, 2.24) is 0 Å². The van der Waals surface area contributed by atoms with Gasteiger partial charge in [-0.05, 0) is 11.1 Å². The highest BCUT2D eigenvalue weighted by Crippen LogP contribution is 2.06. The van der Waals surface area contributed by atoms with E-state index in [1.807, 2.05) is 0 Å².